The molecule has 94 valence electrons. The van der Waals surface area contributed by atoms with Gasteiger partial charge in [-0.3, -0.25) is 0 Å². The Kier molecular flexibility index (Phi) is 4.59. The molecule has 4 heteroatoms. The van der Waals surface area contributed by atoms with Gasteiger partial charge >= 0.3 is 0 Å². The van der Waals surface area contributed by atoms with E-state index < -0.39 is 0 Å². The monoisotopic (exact) mass is 375 g/mol. The highest BCUT2D eigenvalue weighted by Gasteiger charge is 2.12. The lowest BCUT2D eigenvalue weighted by molar-refractivity contribution is 0.622. The summed E-state index contributed by atoms with van der Waals surface area (Å²) in [7, 11) is 0. The molecular formula is C14H12ClFIN. The first kappa shape index (κ1) is 13.8. The normalized spacial score (nSPS) is 12.4. The van der Waals surface area contributed by atoms with E-state index in [1.54, 1.807) is 6.07 Å². The topological polar surface area (TPSA) is 26.0 Å². The summed E-state index contributed by atoms with van der Waals surface area (Å²) in [5.41, 5.74) is 7.95. The summed E-state index contributed by atoms with van der Waals surface area (Å²) in [6.07, 6.45) is 0.524. The maximum atomic E-state index is 13.2. The molecule has 0 saturated carbocycles. The summed E-state index contributed by atoms with van der Waals surface area (Å²) >= 11 is 8.29. The summed E-state index contributed by atoms with van der Waals surface area (Å²) in [5.74, 6) is -0.288. The van der Waals surface area contributed by atoms with Crippen molar-refractivity contribution in [2.45, 2.75) is 12.5 Å². The minimum atomic E-state index is -0.288. The van der Waals surface area contributed by atoms with Gasteiger partial charge < -0.3 is 5.73 Å². The third-order valence-electron chi connectivity index (χ3n) is 2.75. The van der Waals surface area contributed by atoms with E-state index in [0.29, 0.717) is 11.4 Å². The first-order valence-corrected chi connectivity index (χ1v) is 6.97. The van der Waals surface area contributed by atoms with Crippen LogP contribution in [0.1, 0.15) is 17.2 Å². The molecule has 0 bridgehead atoms. The molecule has 0 aromatic heterocycles. The Bertz CT molecular complexity index is 559. The maximum Gasteiger partial charge on any atom is 0.123 e. The number of hydrogen-bond donors (Lipinski definition) is 1. The molecule has 0 spiro atoms. The van der Waals surface area contributed by atoms with Crippen LogP contribution in [-0.4, -0.2) is 0 Å². The molecule has 0 heterocycles. The number of rotatable bonds is 3. The fraction of sp³-hybridized carbons (Fsp3) is 0.143. The molecule has 2 N–H and O–H groups in total. The highest BCUT2D eigenvalue weighted by molar-refractivity contribution is 14.1. The van der Waals surface area contributed by atoms with Crippen molar-refractivity contribution in [2.75, 3.05) is 0 Å². The number of nitrogens with two attached hydrogens (primary N) is 1. The van der Waals surface area contributed by atoms with E-state index in [2.05, 4.69) is 22.6 Å². The summed E-state index contributed by atoms with van der Waals surface area (Å²) in [4.78, 5) is 0. The second-order valence-corrected chi connectivity index (χ2v) is 5.64. The Morgan fingerprint density at radius 3 is 2.67 bits per heavy atom. The van der Waals surface area contributed by atoms with Crippen molar-refractivity contribution in [3.8, 4) is 0 Å². The summed E-state index contributed by atoms with van der Waals surface area (Å²) < 4.78 is 14.3. The molecule has 1 unspecified atom stereocenters. The molecule has 18 heavy (non-hydrogen) atoms. The van der Waals surface area contributed by atoms with Crippen molar-refractivity contribution < 1.29 is 4.39 Å². The van der Waals surface area contributed by atoms with E-state index in [1.807, 2.05) is 24.3 Å². The van der Waals surface area contributed by atoms with E-state index in [0.717, 1.165) is 14.7 Å². The third kappa shape index (κ3) is 3.22. The van der Waals surface area contributed by atoms with Crippen molar-refractivity contribution in [3.63, 3.8) is 0 Å². The lowest BCUT2D eigenvalue weighted by Crippen LogP contribution is -2.15. The Morgan fingerprint density at radius 1 is 1.22 bits per heavy atom. The van der Waals surface area contributed by atoms with Gasteiger partial charge in [0.05, 0.1) is 0 Å². The Hall–Kier alpha value is -0.650. The van der Waals surface area contributed by atoms with Gasteiger partial charge in [-0.05, 0) is 64.4 Å². The predicted octanol–water partition coefficient (Wildman–Crippen LogP) is 4.33. The van der Waals surface area contributed by atoms with Crippen LogP contribution in [-0.2, 0) is 6.42 Å². The molecular weight excluding hydrogens is 364 g/mol. The van der Waals surface area contributed by atoms with Gasteiger partial charge in [0.25, 0.3) is 0 Å². The zero-order chi connectivity index (χ0) is 13.1. The molecule has 2 aromatic carbocycles. The van der Waals surface area contributed by atoms with Crippen molar-refractivity contribution in [2.24, 2.45) is 5.73 Å². The van der Waals surface area contributed by atoms with Crippen LogP contribution in [0.2, 0.25) is 5.02 Å². The van der Waals surface area contributed by atoms with Gasteiger partial charge in [0, 0.05) is 14.6 Å². The maximum absolute atomic E-state index is 13.2. The first-order valence-electron chi connectivity index (χ1n) is 5.52. The summed E-state index contributed by atoms with van der Waals surface area (Å²) in [5, 5.41) is 0.554. The molecule has 2 rings (SSSR count). The minimum Gasteiger partial charge on any atom is -0.324 e. The van der Waals surface area contributed by atoms with Crippen LogP contribution >= 0.6 is 34.2 Å². The van der Waals surface area contributed by atoms with E-state index in [1.165, 1.54) is 12.1 Å². The lowest BCUT2D eigenvalue weighted by atomic mass is 10.00. The van der Waals surface area contributed by atoms with E-state index in [9.17, 15) is 4.39 Å². The van der Waals surface area contributed by atoms with E-state index >= 15 is 0 Å². The SMILES string of the molecule is NC(Cc1cc(F)ccc1Cl)c1ccccc1I. The van der Waals surface area contributed by atoms with Crippen LogP contribution in [0.4, 0.5) is 4.39 Å². The Labute approximate surface area is 124 Å². The Balaban J connectivity index is 2.24. The van der Waals surface area contributed by atoms with E-state index in [4.69, 9.17) is 17.3 Å². The van der Waals surface area contributed by atoms with Crippen LogP contribution in [0.5, 0.6) is 0 Å². The van der Waals surface area contributed by atoms with Gasteiger partial charge in [0.1, 0.15) is 5.82 Å². The smallest absolute Gasteiger partial charge is 0.123 e. The highest BCUT2D eigenvalue weighted by atomic mass is 127. The second kappa shape index (κ2) is 5.99. The fourth-order valence-corrected chi connectivity index (χ4v) is 2.80. The molecule has 0 radical (unpaired) electrons. The summed E-state index contributed by atoms with van der Waals surface area (Å²) in [6.45, 7) is 0. The molecule has 0 fully saturated rings. The van der Waals surface area contributed by atoms with Gasteiger partial charge in [-0.1, -0.05) is 29.8 Å². The van der Waals surface area contributed by atoms with Crippen molar-refractivity contribution in [1.29, 1.82) is 0 Å². The van der Waals surface area contributed by atoms with Crippen LogP contribution in [0, 0.1) is 9.39 Å². The van der Waals surface area contributed by atoms with Crippen molar-refractivity contribution in [3.05, 3.63) is 68.0 Å². The molecule has 1 nitrogen and oxygen atoms in total. The zero-order valence-corrected chi connectivity index (χ0v) is 12.5. The number of halogens is 3. The predicted molar refractivity (Wildman–Crippen MR) is 81.2 cm³/mol. The zero-order valence-electron chi connectivity index (χ0n) is 9.54. The van der Waals surface area contributed by atoms with Crippen LogP contribution < -0.4 is 5.73 Å². The van der Waals surface area contributed by atoms with Crippen molar-refractivity contribution in [1.82, 2.24) is 0 Å². The average molecular weight is 376 g/mol. The third-order valence-corrected chi connectivity index (χ3v) is 4.10. The molecule has 2 aromatic rings. The van der Waals surface area contributed by atoms with Crippen LogP contribution in [0.3, 0.4) is 0 Å². The molecule has 0 amide bonds. The molecule has 0 aliphatic carbocycles. The van der Waals surface area contributed by atoms with Gasteiger partial charge in [-0.25, -0.2) is 4.39 Å². The van der Waals surface area contributed by atoms with Crippen LogP contribution in [0.15, 0.2) is 42.5 Å². The fourth-order valence-electron chi connectivity index (χ4n) is 1.82. The number of benzene rings is 2. The van der Waals surface area contributed by atoms with Gasteiger partial charge in [0.15, 0.2) is 0 Å². The molecule has 0 saturated heterocycles. The summed E-state index contributed by atoms with van der Waals surface area (Å²) in [6, 6.07) is 12.1. The first-order chi connectivity index (χ1) is 8.58. The van der Waals surface area contributed by atoms with Gasteiger partial charge in [0.2, 0.25) is 0 Å². The van der Waals surface area contributed by atoms with E-state index in [-0.39, 0.29) is 11.9 Å². The van der Waals surface area contributed by atoms with Crippen molar-refractivity contribution >= 4 is 34.2 Å². The molecule has 1 atom stereocenters. The second-order valence-electron chi connectivity index (χ2n) is 4.07. The van der Waals surface area contributed by atoms with Gasteiger partial charge in [-0.15, -0.1) is 0 Å². The largest absolute Gasteiger partial charge is 0.324 e. The lowest BCUT2D eigenvalue weighted by Gasteiger charge is -2.15. The van der Waals surface area contributed by atoms with Crippen LogP contribution in [0.25, 0.3) is 0 Å². The highest BCUT2D eigenvalue weighted by Crippen LogP contribution is 2.25. The number of hydrogen-bond acceptors (Lipinski definition) is 1. The average Bonchev–Trinajstić information content (AvgIpc) is 2.34. The quantitative estimate of drug-likeness (QED) is 0.794. The standard InChI is InChI=1S/C14H12ClFIN/c15-12-6-5-10(16)7-9(12)8-14(18)11-3-1-2-4-13(11)17/h1-7,14H,8,18H2. The minimum absolute atomic E-state index is 0.183. The van der Waals surface area contributed by atoms with Gasteiger partial charge in [-0.2, -0.15) is 0 Å². The molecule has 0 aliphatic heterocycles. The molecule has 0 aliphatic rings. The Morgan fingerprint density at radius 2 is 1.94 bits per heavy atom.